The van der Waals surface area contributed by atoms with Gasteiger partial charge in [-0.2, -0.15) is 0 Å². The standard InChI is InChI=1S/C20H23NO2S/c1-5-6-11-23-18-13(17(22)19(18)24)12-16-20(2,3)14-9-7-8-10-15(14)21(16)4/h7-10,12H,5-6,11H2,1-4H3. The summed E-state index contributed by atoms with van der Waals surface area (Å²) in [5, 5.41) is 0. The SMILES string of the molecule is CCCCOc1c(C=C2N(C)c3ccccc3C2(C)C)c(=O)c1=S. The Morgan fingerprint density at radius 1 is 1.29 bits per heavy atom. The Morgan fingerprint density at radius 3 is 2.67 bits per heavy atom. The molecule has 1 heterocycles. The van der Waals surface area contributed by atoms with E-state index in [1.54, 1.807) is 0 Å². The van der Waals surface area contributed by atoms with Crippen LogP contribution in [-0.2, 0) is 5.41 Å². The van der Waals surface area contributed by atoms with Gasteiger partial charge < -0.3 is 9.64 Å². The number of rotatable bonds is 5. The highest BCUT2D eigenvalue weighted by Gasteiger charge is 2.38. The molecule has 0 saturated heterocycles. The van der Waals surface area contributed by atoms with Gasteiger partial charge in [0.2, 0.25) is 5.43 Å². The van der Waals surface area contributed by atoms with Crippen molar-refractivity contribution in [2.75, 3.05) is 18.6 Å². The minimum atomic E-state index is -0.162. The molecule has 3 nitrogen and oxygen atoms in total. The number of ether oxygens (including phenoxy) is 1. The second kappa shape index (κ2) is 6.17. The van der Waals surface area contributed by atoms with Gasteiger partial charge in [0.15, 0.2) is 5.75 Å². The fourth-order valence-corrected chi connectivity index (χ4v) is 3.66. The smallest absolute Gasteiger partial charge is 0.211 e. The Morgan fingerprint density at radius 2 is 2.00 bits per heavy atom. The number of allylic oxidation sites excluding steroid dienone is 1. The molecule has 0 saturated carbocycles. The van der Waals surface area contributed by atoms with E-state index in [2.05, 4.69) is 43.9 Å². The van der Waals surface area contributed by atoms with E-state index in [4.69, 9.17) is 17.0 Å². The predicted molar refractivity (Wildman–Crippen MR) is 102 cm³/mol. The number of nitrogens with zero attached hydrogens (tertiary/aromatic N) is 1. The molecule has 0 radical (unpaired) electrons. The molecule has 0 spiro atoms. The van der Waals surface area contributed by atoms with Gasteiger partial charge in [0.05, 0.1) is 12.2 Å². The highest BCUT2D eigenvalue weighted by molar-refractivity contribution is 7.71. The molecule has 0 fully saturated rings. The Kier molecular flexibility index (Phi) is 4.35. The topological polar surface area (TPSA) is 29.5 Å². The van der Waals surface area contributed by atoms with Crippen molar-refractivity contribution >= 4 is 24.0 Å². The number of likely N-dealkylation sites (N-methyl/N-ethyl adjacent to an activating group) is 1. The normalized spacial score (nSPS) is 17.5. The Balaban J connectivity index is 2.00. The molecule has 2 aromatic carbocycles. The lowest BCUT2D eigenvalue weighted by Crippen LogP contribution is -2.25. The van der Waals surface area contributed by atoms with Gasteiger partial charge in [0.1, 0.15) is 4.51 Å². The Bertz CT molecular complexity index is 872. The first kappa shape index (κ1) is 16.9. The van der Waals surface area contributed by atoms with Crippen molar-refractivity contribution in [3.63, 3.8) is 0 Å². The average Bonchev–Trinajstić information content (AvgIpc) is 2.77. The highest BCUT2D eigenvalue weighted by atomic mass is 32.1. The van der Waals surface area contributed by atoms with Gasteiger partial charge in [-0.3, -0.25) is 4.79 Å². The zero-order valence-electron chi connectivity index (χ0n) is 14.7. The molecule has 1 aliphatic heterocycles. The van der Waals surface area contributed by atoms with Crippen molar-refractivity contribution in [2.24, 2.45) is 0 Å². The van der Waals surface area contributed by atoms with Crippen LogP contribution in [0.4, 0.5) is 5.69 Å². The van der Waals surface area contributed by atoms with Crippen LogP contribution in [-0.4, -0.2) is 13.7 Å². The van der Waals surface area contributed by atoms with Crippen LogP contribution in [0.5, 0.6) is 5.75 Å². The second-order valence-corrected chi connectivity index (χ2v) is 7.24. The van der Waals surface area contributed by atoms with Crippen LogP contribution in [0.15, 0.2) is 34.8 Å². The van der Waals surface area contributed by atoms with E-state index in [0.717, 1.165) is 18.5 Å². The van der Waals surface area contributed by atoms with Crippen LogP contribution < -0.4 is 15.1 Å². The minimum Gasteiger partial charge on any atom is -0.491 e. The summed E-state index contributed by atoms with van der Waals surface area (Å²) in [5.74, 6) is 0.594. The van der Waals surface area contributed by atoms with Crippen molar-refractivity contribution in [3.8, 4) is 5.75 Å². The van der Waals surface area contributed by atoms with E-state index < -0.39 is 0 Å². The van der Waals surface area contributed by atoms with Crippen molar-refractivity contribution in [3.05, 3.63) is 55.8 Å². The molecular formula is C20H23NO2S. The average molecular weight is 341 g/mol. The second-order valence-electron chi connectivity index (χ2n) is 6.83. The van der Waals surface area contributed by atoms with Gasteiger partial charge in [-0.25, -0.2) is 0 Å². The molecule has 0 aromatic heterocycles. The molecule has 1 aliphatic rings. The quantitative estimate of drug-likeness (QED) is 0.587. The van der Waals surface area contributed by atoms with Crippen LogP contribution in [0.25, 0.3) is 6.08 Å². The lowest BCUT2D eigenvalue weighted by molar-refractivity contribution is 0.304. The van der Waals surface area contributed by atoms with Crippen LogP contribution in [0, 0.1) is 4.51 Å². The third kappa shape index (κ3) is 2.49. The molecule has 0 atom stereocenters. The first-order chi connectivity index (χ1) is 11.4. The maximum atomic E-state index is 12.2. The molecular weight excluding hydrogens is 318 g/mol. The molecule has 0 unspecified atom stereocenters. The summed E-state index contributed by atoms with van der Waals surface area (Å²) >= 11 is 5.18. The highest BCUT2D eigenvalue weighted by Crippen LogP contribution is 2.47. The molecule has 0 amide bonds. The van der Waals surface area contributed by atoms with Gasteiger partial charge in [0.25, 0.3) is 0 Å². The summed E-state index contributed by atoms with van der Waals surface area (Å²) in [6.45, 7) is 7.07. The first-order valence-corrected chi connectivity index (χ1v) is 8.82. The summed E-state index contributed by atoms with van der Waals surface area (Å²) < 4.78 is 6.09. The third-order valence-corrected chi connectivity index (χ3v) is 5.24. The van der Waals surface area contributed by atoms with E-state index in [1.807, 2.05) is 19.2 Å². The van der Waals surface area contributed by atoms with Crippen LogP contribution in [0.1, 0.15) is 44.7 Å². The van der Waals surface area contributed by atoms with Crippen molar-refractivity contribution in [1.82, 2.24) is 0 Å². The maximum Gasteiger partial charge on any atom is 0.211 e. The Labute approximate surface area is 148 Å². The van der Waals surface area contributed by atoms with E-state index in [9.17, 15) is 4.79 Å². The maximum absolute atomic E-state index is 12.2. The van der Waals surface area contributed by atoms with Crippen molar-refractivity contribution < 1.29 is 4.74 Å². The lowest BCUT2D eigenvalue weighted by Gasteiger charge is -2.25. The van der Waals surface area contributed by atoms with Crippen molar-refractivity contribution in [2.45, 2.75) is 39.0 Å². The van der Waals surface area contributed by atoms with Gasteiger partial charge in [-0.1, -0.05) is 57.6 Å². The monoisotopic (exact) mass is 341 g/mol. The molecule has 0 N–H and O–H groups in total. The van der Waals surface area contributed by atoms with E-state index in [0.29, 0.717) is 22.4 Å². The molecule has 0 aliphatic carbocycles. The van der Waals surface area contributed by atoms with E-state index in [1.165, 1.54) is 11.3 Å². The lowest BCUT2D eigenvalue weighted by atomic mass is 9.83. The van der Waals surface area contributed by atoms with E-state index >= 15 is 0 Å². The number of hydrogen-bond donors (Lipinski definition) is 0. The Hall–Kier alpha value is -1.94. The molecule has 2 aromatic rings. The fourth-order valence-electron chi connectivity index (χ4n) is 3.38. The zero-order valence-corrected chi connectivity index (χ0v) is 15.5. The number of anilines is 1. The summed E-state index contributed by atoms with van der Waals surface area (Å²) in [4.78, 5) is 14.4. The first-order valence-electron chi connectivity index (χ1n) is 8.41. The van der Waals surface area contributed by atoms with Crippen LogP contribution in [0.2, 0.25) is 0 Å². The molecule has 0 bridgehead atoms. The number of para-hydroxylation sites is 1. The van der Waals surface area contributed by atoms with E-state index in [-0.39, 0.29) is 10.8 Å². The molecule has 24 heavy (non-hydrogen) atoms. The number of unbranched alkanes of at least 4 members (excludes halogenated alkanes) is 1. The third-order valence-electron chi connectivity index (χ3n) is 4.87. The molecule has 126 valence electrons. The van der Waals surface area contributed by atoms with Crippen molar-refractivity contribution in [1.29, 1.82) is 0 Å². The largest absolute Gasteiger partial charge is 0.491 e. The summed E-state index contributed by atoms with van der Waals surface area (Å²) in [6, 6.07) is 8.35. The van der Waals surface area contributed by atoms with Gasteiger partial charge >= 0.3 is 0 Å². The molecule has 4 heteroatoms. The molecule has 3 rings (SSSR count). The number of fused-ring (bicyclic) bond motifs is 1. The number of hydrogen-bond acceptors (Lipinski definition) is 4. The summed E-state index contributed by atoms with van der Waals surface area (Å²) in [5.41, 5.74) is 3.90. The number of benzene rings is 1. The summed E-state index contributed by atoms with van der Waals surface area (Å²) in [7, 11) is 2.04. The van der Waals surface area contributed by atoms with Crippen LogP contribution >= 0.6 is 12.2 Å². The van der Waals surface area contributed by atoms with Gasteiger partial charge in [0, 0.05) is 23.8 Å². The summed E-state index contributed by atoms with van der Waals surface area (Å²) in [6.07, 6.45) is 3.97. The van der Waals surface area contributed by atoms with Gasteiger partial charge in [-0.15, -0.1) is 0 Å². The van der Waals surface area contributed by atoms with Gasteiger partial charge in [-0.05, 0) is 24.1 Å². The van der Waals surface area contributed by atoms with Crippen LogP contribution in [0.3, 0.4) is 0 Å². The predicted octanol–water partition coefficient (Wildman–Crippen LogP) is 4.60. The fraction of sp³-hybridized carbons (Fsp3) is 0.400. The minimum absolute atomic E-state index is 0.0795. The zero-order chi connectivity index (χ0) is 17.5.